The van der Waals surface area contributed by atoms with E-state index in [0.717, 1.165) is 71.7 Å². The molecule has 2 aliphatic rings. The van der Waals surface area contributed by atoms with Gasteiger partial charge in [-0.15, -0.1) is 0 Å². The summed E-state index contributed by atoms with van der Waals surface area (Å²) in [5, 5.41) is 8.61. The first-order valence-electron chi connectivity index (χ1n) is 11.9. The van der Waals surface area contributed by atoms with Crippen LogP contribution in [0, 0.1) is 12.8 Å². The maximum absolute atomic E-state index is 12.3. The number of hydrogen-bond donors (Lipinski definition) is 1. The topological polar surface area (TPSA) is 99.0 Å². The standard InChI is InChI=1S/C25H29N5O3S/c1-4-33-24(32)16-7-9-18(10-8-16)30-22-19(21(29-30)17-6-5-14(2)26-13-17)11-12-20-23(22)34-25(28-20)27-15(3)31/h5-6,13,16,18H,4,7-12H2,1-3H3,(H,27,28,31)/t16-,18-. The number of aryl methyl sites for hydroxylation is 2. The number of rotatable bonds is 5. The van der Waals surface area contributed by atoms with Crippen molar-refractivity contribution < 1.29 is 14.3 Å². The van der Waals surface area contributed by atoms with Gasteiger partial charge < -0.3 is 10.1 Å². The first-order chi connectivity index (χ1) is 16.4. The monoisotopic (exact) mass is 479 g/mol. The fourth-order valence-electron chi connectivity index (χ4n) is 5.02. The highest BCUT2D eigenvalue weighted by Gasteiger charge is 2.34. The zero-order valence-electron chi connectivity index (χ0n) is 19.8. The Kier molecular flexibility index (Phi) is 6.20. The van der Waals surface area contributed by atoms with Crippen molar-refractivity contribution in [3.8, 4) is 21.8 Å². The summed E-state index contributed by atoms with van der Waals surface area (Å²) in [5.41, 5.74) is 6.27. The number of pyridine rings is 1. The van der Waals surface area contributed by atoms with Gasteiger partial charge in [0.15, 0.2) is 5.13 Å². The minimum absolute atomic E-state index is 0.0336. The second kappa shape index (κ2) is 9.29. The van der Waals surface area contributed by atoms with E-state index in [9.17, 15) is 9.59 Å². The van der Waals surface area contributed by atoms with E-state index >= 15 is 0 Å². The van der Waals surface area contributed by atoms with E-state index in [4.69, 9.17) is 14.8 Å². The largest absolute Gasteiger partial charge is 0.466 e. The fraction of sp³-hybridized carbons (Fsp3) is 0.480. The van der Waals surface area contributed by atoms with E-state index in [2.05, 4.69) is 21.0 Å². The molecule has 1 saturated carbocycles. The molecular weight excluding hydrogens is 450 g/mol. The van der Waals surface area contributed by atoms with Gasteiger partial charge in [0.2, 0.25) is 5.91 Å². The van der Waals surface area contributed by atoms with Crippen LogP contribution in [-0.4, -0.2) is 38.2 Å². The Morgan fingerprint density at radius 3 is 2.68 bits per heavy atom. The summed E-state index contributed by atoms with van der Waals surface area (Å²) in [6, 6.07) is 4.29. The van der Waals surface area contributed by atoms with Crippen LogP contribution in [0.5, 0.6) is 0 Å². The second-order valence-electron chi connectivity index (χ2n) is 9.04. The van der Waals surface area contributed by atoms with Crippen molar-refractivity contribution in [2.45, 2.75) is 65.3 Å². The maximum atomic E-state index is 12.3. The van der Waals surface area contributed by atoms with Crippen molar-refractivity contribution in [3.63, 3.8) is 0 Å². The molecule has 0 aliphatic heterocycles. The Bertz CT molecular complexity index is 1220. The third kappa shape index (κ3) is 4.24. The number of anilines is 1. The van der Waals surface area contributed by atoms with Gasteiger partial charge in [0.1, 0.15) is 0 Å². The summed E-state index contributed by atoms with van der Waals surface area (Å²) in [6.45, 7) is 5.75. The van der Waals surface area contributed by atoms with E-state index in [-0.39, 0.29) is 23.8 Å². The van der Waals surface area contributed by atoms with Gasteiger partial charge in [0, 0.05) is 29.9 Å². The molecule has 0 atom stereocenters. The van der Waals surface area contributed by atoms with Crippen LogP contribution >= 0.6 is 11.3 Å². The van der Waals surface area contributed by atoms with Crippen LogP contribution in [0.15, 0.2) is 18.3 Å². The SMILES string of the molecule is CCOC(=O)[C@H]1CC[C@H](n2nc(-c3ccc(C)nc3)c3c2-c2sc(NC(C)=O)nc2CC3)CC1. The average Bonchev–Trinajstić information content (AvgIpc) is 3.40. The van der Waals surface area contributed by atoms with Crippen LogP contribution in [-0.2, 0) is 27.2 Å². The van der Waals surface area contributed by atoms with E-state index in [1.165, 1.54) is 23.8 Å². The molecule has 178 valence electrons. The Morgan fingerprint density at radius 2 is 2.00 bits per heavy atom. The van der Waals surface area contributed by atoms with Crippen LogP contribution in [0.3, 0.4) is 0 Å². The maximum Gasteiger partial charge on any atom is 0.308 e. The number of fused-ring (bicyclic) bond motifs is 3. The molecule has 0 radical (unpaired) electrons. The minimum Gasteiger partial charge on any atom is -0.466 e. The molecule has 1 fully saturated rings. The first-order valence-corrected chi connectivity index (χ1v) is 12.7. The van der Waals surface area contributed by atoms with Crippen molar-refractivity contribution in [3.05, 3.63) is 35.3 Å². The third-order valence-corrected chi connectivity index (χ3v) is 7.68. The lowest BCUT2D eigenvalue weighted by atomic mass is 9.85. The quantitative estimate of drug-likeness (QED) is 0.531. The normalized spacial score (nSPS) is 19.3. The van der Waals surface area contributed by atoms with Gasteiger partial charge >= 0.3 is 5.97 Å². The summed E-state index contributed by atoms with van der Waals surface area (Å²) in [4.78, 5) is 34.2. The predicted octanol–water partition coefficient (Wildman–Crippen LogP) is 4.73. The van der Waals surface area contributed by atoms with E-state index in [1.54, 1.807) is 0 Å². The van der Waals surface area contributed by atoms with E-state index < -0.39 is 0 Å². The van der Waals surface area contributed by atoms with Gasteiger partial charge in [-0.05, 0) is 64.5 Å². The molecule has 0 saturated heterocycles. The zero-order valence-corrected chi connectivity index (χ0v) is 20.6. The molecule has 9 heteroatoms. The number of nitrogens with zero attached hydrogens (tertiary/aromatic N) is 4. The van der Waals surface area contributed by atoms with Gasteiger partial charge in [0.05, 0.1) is 40.5 Å². The second-order valence-corrected chi connectivity index (χ2v) is 10.0. The fourth-order valence-corrected chi connectivity index (χ4v) is 6.14. The molecule has 0 bridgehead atoms. The van der Waals surface area contributed by atoms with Gasteiger partial charge in [0.25, 0.3) is 0 Å². The highest BCUT2D eigenvalue weighted by molar-refractivity contribution is 7.19. The minimum atomic E-state index is -0.122. The van der Waals surface area contributed by atoms with E-state index in [1.807, 2.05) is 26.1 Å². The third-order valence-electron chi connectivity index (χ3n) is 6.66. The first kappa shape index (κ1) is 22.7. The number of ether oxygens (including phenoxy) is 1. The lowest BCUT2D eigenvalue weighted by Crippen LogP contribution is -2.26. The molecule has 1 N–H and O–H groups in total. The van der Waals surface area contributed by atoms with Gasteiger partial charge in [-0.1, -0.05) is 11.3 Å². The van der Waals surface area contributed by atoms with Gasteiger partial charge in [-0.2, -0.15) is 5.10 Å². The Balaban J connectivity index is 1.54. The molecule has 2 aliphatic carbocycles. The summed E-state index contributed by atoms with van der Waals surface area (Å²) in [7, 11) is 0. The number of esters is 1. The van der Waals surface area contributed by atoms with Crippen molar-refractivity contribution in [1.82, 2.24) is 19.7 Å². The lowest BCUT2D eigenvalue weighted by Gasteiger charge is -2.29. The van der Waals surface area contributed by atoms with Crippen LogP contribution in [0.1, 0.15) is 62.5 Å². The van der Waals surface area contributed by atoms with Crippen LogP contribution in [0.4, 0.5) is 5.13 Å². The van der Waals surface area contributed by atoms with Crippen molar-refractivity contribution in [1.29, 1.82) is 0 Å². The van der Waals surface area contributed by atoms with Gasteiger partial charge in [-0.3, -0.25) is 19.3 Å². The summed E-state index contributed by atoms with van der Waals surface area (Å²) in [6.07, 6.45) is 6.88. The average molecular weight is 480 g/mol. The summed E-state index contributed by atoms with van der Waals surface area (Å²) >= 11 is 1.51. The van der Waals surface area contributed by atoms with E-state index in [0.29, 0.717) is 11.7 Å². The number of carbonyl (C=O) groups excluding carboxylic acids is 2. The van der Waals surface area contributed by atoms with Crippen molar-refractivity contribution in [2.24, 2.45) is 5.92 Å². The number of aromatic nitrogens is 4. The molecule has 0 spiro atoms. The molecule has 5 rings (SSSR count). The number of carbonyl (C=O) groups is 2. The highest BCUT2D eigenvalue weighted by Crippen LogP contribution is 2.46. The number of hydrogen-bond acceptors (Lipinski definition) is 7. The van der Waals surface area contributed by atoms with Crippen LogP contribution < -0.4 is 5.32 Å². The summed E-state index contributed by atoms with van der Waals surface area (Å²) < 4.78 is 7.42. The lowest BCUT2D eigenvalue weighted by molar-refractivity contribution is -0.149. The molecule has 3 aromatic rings. The van der Waals surface area contributed by atoms with Crippen LogP contribution in [0.2, 0.25) is 0 Å². The number of amides is 1. The number of thiazole rings is 1. The van der Waals surface area contributed by atoms with Gasteiger partial charge in [-0.25, -0.2) is 4.98 Å². The molecule has 1 amide bonds. The molecule has 3 aromatic heterocycles. The smallest absolute Gasteiger partial charge is 0.308 e. The predicted molar refractivity (Wildman–Crippen MR) is 131 cm³/mol. The van der Waals surface area contributed by atoms with Crippen LogP contribution in [0.25, 0.3) is 21.8 Å². The molecule has 0 unspecified atom stereocenters. The zero-order chi connectivity index (χ0) is 23.8. The molecule has 3 heterocycles. The van der Waals surface area contributed by atoms with Crippen molar-refractivity contribution >= 4 is 28.3 Å². The van der Waals surface area contributed by atoms with Crippen molar-refractivity contribution in [2.75, 3.05) is 11.9 Å². The molecule has 8 nitrogen and oxygen atoms in total. The Morgan fingerprint density at radius 1 is 1.21 bits per heavy atom. The Labute approximate surface area is 202 Å². The highest BCUT2D eigenvalue weighted by atomic mass is 32.1. The molecule has 0 aromatic carbocycles. The molecule has 34 heavy (non-hydrogen) atoms. The Hall–Kier alpha value is -3.07. The number of nitrogens with one attached hydrogen (secondary N) is 1. The summed E-state index contributed by atoms with van der Waals surface area (Å²) in [5.74, 6) is -0.239. The molecular formula is C25H29N5O3S.